The smallest absolute Gasteiger partial charge is 0.266 e. The van der Waals surface area contributed by atoms with Gasteiger partial charge >= 0.3 is 0 Å². The first kappa shape index (κ1) is 16.6. The van der Waals surface area contributed by atoms with Crippen molar-refractivity contribution in [2.24, 2.45) is 0 Å². The average molecular weight is 301 g/mol. The third-order valence-electron chi connectivity index (χ3n) is 3.26. The molecule has 6 nitrogen and oxygen atoms in total. The minimum atomic E-state index is -4.12. The highest BCUT2D eigenvalue weighted by molar-refractivity contribution is 7.85. The minimum absolute atomic E-state index is 0.241. The first-order chi connectivity index (χ1) is 9.33. The molecule has 0 radical (unpaired) electrons. The Balaban J connectivity index is 2.85. The van der Waals surface area contributed by atoms with E-state index in [2.05, 4.69) is 5.43 Å². The van der Waals surface area contributed by atoms with Crippen molar-refractivity contribution in [2.75, 3.05) is 18.8 Å². The molecule has 0 bridgehead atoms. The first-order valence-corrected chi connectivity index (χ1v) is 8.13. The number of carbonyl (C=O) groups is 1. The summed E-state index contributed by atoms with van der Waals surface area (Å²) in [6, 6.07) is 9.49. The van der Waals surface area contributed by atoms with Gasteiger partial charge in [-0.1, -0.05) is 18.2 Å². The van der Waals surface area contributed by atoms with E-state index in [9.17, 15) is 13.2 Å². The van der Waals surface area contributed by atoms with Crippen molar-refractivity contribution >= 4 is 21.7 Å². The highest BCUT2D eigenvalue weighted by Crippen LogP contribution is 2.19. The van der Waals surface area contributed by atoms with E-state index in [4.69, 9.17) is 4.55 Å². The van der Waals surface area contributed by atoms with Crippen LogP contribution in [0.2, 0.25) is 0 Å². The van der Waals surface area contributed by atoms with Crippen molar-refractivity contribution in [2.45, 2.75) is 20.3 Å². The molecule has 0 aliphatic carbocycles. The monoisotopic (exact) mass is 301 g/mol. The number of para-hydroxylation sites is 1. The van der Waals surface area contributed by atoms with Gasteiger partial charge in [0.05, 0.1) is 5.75 Å². The summed E-state index contributed by atoms with van der Waals surface area (Å²) in [6.45, 7) is 5.16. The zero-order valence-electron chi connectivity index (χ0n) is 11.7. The summed E-state index contributed by atoms with van der Waals surface area (Å²) < 4.78 is 30.3. The predicted octanol–water partition coefficient (Wildman–Crippen LogP) is 1.34. The van der Waals surface area contributed by atoms with Gasteiger partial charge in [-0.25, -0.2) is 0 Å². The molecule has 0 saturated heterocycles. The molecule has 1 aromatic carbocycles. The number of hydrogen-bond acceptors (Lipinski definition) is 3. The lowest BCUT2D eigenvalue weighted by atomic mass is 10.2. The van der Waals surface area contributed by atoms with Crippen LogP contribution < -0.4 is 10.0 Å². The lowest BCUT2D eigenvalue weighted by Gasteiger charge is -2.35. The molecule has 20 heavy (non-hydrogen) atoms. The van der Waals surface area contributed by atoms with E-state index in [0.717, 1.165) is 5.69 Å². The van der Waals surface area contributed by atoms with Gasteiger partial charge in [-0.2, -0.15) is 18.4 Å². The normalized spacial score (nSPS) is 12.2. The van der Waals surface area contributed by atoms with E-state index in [1.807, 2.05) is 44.2 Å². The van der Waals surface area contributed by atoms with Crippen molar-refractivity contribution in [3.05, 3.63) is 30.3 Å². The molecular weight excluding hydrogens is 280 g/mol. The Morgan fingerprint density at radius 3 is 2.20 bits per heavy atom. The Morgan fingerprint density at radius 1 is 1.20 bits per heavy atom. The Morgan fingerprint density at radius 2 is 1.75 bits per heavy atom. The molecule has 0 spiro atoms. The zero-order chi connectivity index (χ0) is 15.2. The van der Waals surface area contributed by atoms with Crippen LogP contribution in [-0.4, -0.2) is 37.7 Å². The molecule has 112 valence electrons. The topological polar surface area (TPSA) is 83.5 Å². The molecule has 1 amide bonds. The molecular formula is C13H21N2O4S+. The van der Waals surface area contributed by atoms with Gasteiger partial charge in [0.1, 0.15) is 13.1 Å². The fourth-order valence-corrected chi connectivity index (χ4v) is 2.48. The SMILES string of the molecule is CC[N+](CC)(NC(=O)CCS(=O)(=O)O)c1ccccc1. The van der Waals surface area contributed by atoms with Crippen LogP contribution in [0.5, 0.6) is 0 Å². The zero-order valence-corrected chi connectivity index (χ0v) is 12.6. The van der Waals surface area contributed by atoms with Crippen molar-refractivity contribution < 1.29 is 17.8 Å². The largest absolute Gasteiger partial charge is 0.286 e. The van der Waals surface area contributed by atoms with Crippen LogP contribution in [0.1, 0.15) is 20.3 Å². The quantitative estimate of drug-likeness (QED) is 0.452. The van der Waals surface area contributed by atoms with Gasteiger partial charge in [-0.05, 0) is 13.8 Å². The third kappa shape index (κ3) is 4.59. The van der Waals surface area contributed by atoms with Crippen LogP contribution in [0.4, 0.5) is 5.69 Å². The predicted molar refractivity (Wildman–Crippen MR) is 78.5 cm³/mol. The second-order valence-corrected chi connectivity index (χ2v) is 6.08. The molecule has 0 saturated carbocycles. The van der Waals surface area contributed by atoms with Crippen LogP contribution in [0, 0.1) is 0 Å². The first-order valence-electron chi connectivity index (χ1n) is 6.52. The Kier molecular flexibility index (Phi) is 5.67. The maximum absolute atomic E-state index is 11.9. The van der Waals surface area contributed by atoms with Gasteiger partial charge in [0, 0.05) is 18.6 Å². The van der Waals surface area contributed by atoms with Gasteiger partial charge in [0.15, 0.2) is 5.69 Å². The summed E-state index contributed by atoms with van der Waals surface area (Å²) in [6.07, 6.45) is -0.258. The van der Waals surface area contributed by atoms with Crippen LogP contribution in [0.15, 0.2) is 30.3 Å². The highest BCUT2D eigenvalue weighted by Gasteiger charge is 2.29. The summed E-state index contributed by atoms with van der Waals surface area (Å²) >= 11 is 0. The van der Waals surface area contributed by atoms with Gasteiger partial charge in [-0.15, -0.1) is 0 Å². The van der Waals surface area contributed by atoms with Crippen molar-refractivity contribution in [1.82, 2.24) is 10.0 Å². The van der Waals surface area contributed by atoms with Crippen molar-refractivity contribution in [3.63, 3.8) is 0 Å². The van der Waals surface area contributed by atoms with E-state index in [1.54, 1.807) is 0 Å². The number of hydrogen-bond donors (Lipinski definition) is 2. The number of nitrogens with zero attached hydrogens (tertiary/aromatic N) is 1. The van der Waals surface area contributed by atoms with Crippen molar-refractivity contribution in [3.8, 4) is 0 Å². The summed E-state index contributed by atoms with van der Waals surface area (Å²) in [4.78, 5) is 11.9. The van der Waals surface area contributed by atoms with E-state index in [-0.39, 0.29) is 11.0 Å². The Hall–Kier alpha value is -1.44. The van der Waals surface area contributed by atoms with Crippen LogP contribution in [0.3, 0.4) is 0 Å². The molecule has 0 aromatic heterocycles. The standard InChI is InChI=1S/C13H20N2O4S/c1-3-15(4-2,12-8-6-5-7-9-12)14-13(16)10-11-20(17,18)19/h5-9H,3-4,10-11H2,1-2H3,(H-,14,16,17,18,19)/p+1. The van der Waals surface area contributed by atoms with Crippen LogP contribution in [0.25, 0.3) is 0 Å². The second-order valence-electron chi connectivity index (χ2n) is 4.51. The van der Waals surface area contributed by atoms with Gasteiger partial charge in [-0.3, -0.25) is 9.35 Å². The van der Waals surface area contributed by atoms with Crippen LogP contribution in [-0.2, 0) is 14.9 Å². The molecule has 1 rings (SSSR count). The van der Waals surface area contributed by atoms with Gasteiger partial charge in [0.25, 0.3) is 16.0 Å². The number of benzene rings is 1. The molecule has 0 atom stereocenters. The van der Waals surface area contributed by atoms with Crippen LogP contribution >= 0.6 is 0 Å². The number of carbonyl (C=O) groups excluding carboxylic acids is 1. The second kappa shape index (κ2) is 6.83. The third-order valence-corrected chi connectivity index (χ3v) is 3.98. The average Bonchev–Trinajstić information content (AvgIpc) is 2.43. The highest BCUT2D eigenvalue weighted by atomic mass is 32.2. The lowest BCUT2D eigenvalue weighted by Crippen LogP contribution is -2.61. The molecule has 0 unspecified atom stereocenters. The molecule has 0 aliphatic heterocycles. The number of amides is 1. The summed E-state index contributed by atoms with van der Waals surface area (Å²) in [5.41, 5.74) is 3.77. The summed E-state index contributed by atoms with van der Waals surface area (Å²) in [5.74, 6) is -0.976. The molecule has 0 aliphatic rings. The van der Waals surface area contributed by atoms with Crippen molar-refractivity contribution in [1.29, 1.82) is 0 Å². The van der Waals surface area contributed by atoms with E-state index >= 15 is 0 Å². The lowest BCUT2D eigenvalue weighted by molar-refractivity contribution is -0.125. The molecule has 7 heteroatoms. The van der Waals surface area contributed by atoms with E-state index in [0.29, 0.717) is 13.1 Å². The summed E-state index contributed by atoms with van der Waals surface area (Å²) in [7, 11) is -4.12. The fourth-order valence-electron chi connectivity index (χ4n) is 2.04. The van der Waals surface area contributed by atoms with Gasteiger partial charge < -0.3 is 0 Å². The number of rotatable bonds is 7. The maximum atomic E-state index is 11.9. The summed E-state index contributed by atoms with van der Waals surface area (Å²) in [5, 5.41) is 0. The van der Waals surface area contributed by atoms with E-state index < -0.39 is 21.8 Å². The maximum Gasteiger partial charge on any atom is 0.266 e. The van der Waals surface area contributed by atoms with E-state index in [1.165, 1.54) is 0 Å². The molecule has 0 fully saturated rings. The molecule has 2 N–H and O–H groups in total. The molecule has 0 heterocycles. The number of nitrogens with one attached hydrogen (secondary N) is 1. The Labute approximate surface area is 119 Å². The van der Waals surface area contributed by atoms with Gasteiger partial charge in [0.2, 0.25) is 0 Å². The molecule has 1 aromatic rings. The minimum Gasteiger partial charge on any atom is -0.286 e. The number of quaternary nitrogens is 1. The Bertz CT molecular complexity index is 539. The fraction of sp³-hybridized carbons (Fsp3) is 0.462.